The molecule has 0 unspecified atom stereocenters. The average Bonchev–Trinajstić information content (AvgIpc) is 2.16. The summed E-state index contributed by atoms with van der Waals surface area (Å²) >= 11 is 3.50. The number of aryl methyl sites for hydroxylation is 2. The van der Waals surface area contributed by atoms with E-state index in [9.17, 15) is 0 Å². The third kappa shape index (κ3) is 2.48. The minimum absolute atomic E-state index is 1.12. The number of halogens is 1. The van der Waals surface area contributed by atoms with Gasteiger partial charge in [-0.15, -0.1) is 0 Å². The van der Waals surface area contributed by atoms with E-state index in [1.54, 1.807) is 0 Å². The molecule has 0 aliphatic heterocycles. The third-order valence-electron chi connectivity index (χ3n) is 2.38. The molecule has 0 bridgehead atoms. The zero-order chi connectivity index (χ0) is 10.8. The quantitative estimate of drug-likeness (QED) is 0.696. The first-order chi connectivity index (χ1) is 7.15. The van der Waals surface area contributed by atoms with Gasteiger partial charge in [-0.1, -0.05) is 57.4 Å². The van der Waals surface area contributed by atoms with Crippen LogP contribution in [0.5, 0.6) is 0 Å². The van der Waals surface area contributed by atoms with Crippen LogP contribution in [0.15, 0.2) is 46.9 Å². The predicted octanol–water partition coefficient (Wildman–Crippen LogP) is 4.73. The van der Waals surface area contributed by atoms with Gasteiger partial charge in [-0.05, 0) is 37.1 Å². The van der Waals surface area contributed by atoms with Crippen molar-refractivity contribution in [2.75, 3.05) is 0 Å². The molecule has 0 fully saturated rings. The Morgan fingerprint density at radius 1 is 0.800 bits per heavy atom. The van der Waals surface area contributed by atoms with Gasteiger partial charge in [0.25, 0.3) is 0 Å². The summed E-state index contributed by atoms with van der Waals surface area (Å²) in [4.78, 5) is 0. The van der Waals surface area contributed by atoms with Gasteiger partial charge < -0.3 is 0 Å². The largest absolute Gasteiger partial charge is 0.0605 e. The van der Waals surface area contributed by atoms with E-state index in [1.807, 2.05) is 6.07 Å². The van der Waals surface area contributed by atoms with Crippen molar-refractivity contribution in [3.63, 3.8) is 0 Å². The van der Waals surface area contributed by atoms with E-state index in [4.69, 9.17) is 0 Å². The molecule has 0 atom stereocenters. The molecule has 1 heteroatoms. The highest BCUT2D eigenvalue weighted by molar-refractivity contribution is 9.10. The van der Waals surface area contributed by atoms with Crippen LogP contribution in [0.1, 0.15) is 11.1 Å². The first-order valence-corrected chi connectivity index (χ1v) is 5.79. The van der Waals surface area contributed by atoms with Crippen molar-refractivity contribution < 1.29 is 0 Å². The second-order valence-corrected chi connectivity index (χ2v) is 4.80. The standard InChI is InChI=1S/C14H13Br/c1-10-6-11(2)8-13(7-10)12-4-3-5-14(15)9-12/h3-9H,1-2H3. The van der Waals surface area contributed by atoms with Gasteiger partial charge in [0.05, 0.1) is 0 Å². The summed E-state index contributed by atoms with van der Waals surface area (Å²) in [7, 11) is 0. The van der Waals surface area contributed by atoms with Gasteiger partial charge in [-0.2, -0.15) is 0 Å². The molecule has 0 aliphatic rings. The Hall–Kier alpha value is -1.08. The normalized spacial score (nSPS) is 10.3. The Morgan fingerprint density at radius 3 is 2.07 bits per heavy atom. The summed E-state index contributed by atoms with van der Waals surface area (Å²) in [5.41, 5.74) is 5.17. The van der Waals surface area contributed by atoms with Gasteiger partial charge in [-0.3, -0.25) is 0 Å². The molecule has 2 aromatic rings. The summed E-state index contributed by atoms with van der Waals surface area (Å²) in [6.45, 7) is 4.27. The fraction of sp³-hybridized carbons (Fsp3) is 0.143. The van der Waals surface area contributed by atoms with Gasteiger partial charge in [0.1, 0.15) is 0 Å². The molecule has 0 saturated carbocycles. The van der Waals surface area contributed by atoms with Crippen LogP contribution in [-0.4, -0.2) is 0 Å². The first kappa shape index (κ1) is 10.4. The number of hydrogen-bond acceptors (Lipinski definition) is 0. The van der Waals surface area contributed by atoms with Crippen LogP contribution in [0.3, 0.4) is 0 Å². The van der Waals surface area contributed by atoms with Gasteiger partial charge in [0.2, 0.25) is 0 Å². The van der Waals surface area contributed by atoms with E-state index in [0.717, 1.165) is 4.47 Å². The zero-order valence-electron chi connectivity index (χ0n) is 8.92. The van der Waals surface area contributed by atoms with E-state index in [1.165, 1.54) is 22.3 Å². The molecule has 0 radical (unpaired) electrons. The van der Waals surface area contributed by atoms with Crippen LogP contribution < -0.4 is 0 Å². The molecular weight excluding hydrogens is 248 g/mol. The van der Waals surface area contributed by atoms with Crippen molar-refractivity contribution >= 4 is 15.9 Å². The van der Waals surface area contributed by atoms with E-state index < -0.39 is 0 Å². The Kier molecular flexibility index (Phi) is 2.92. The summed E-state index contributed by atoms with van der Waals surface area (Å²) < 4.78 is 1.12. The maximum atomic E-state index is 3.50. The molecule has 15 heavy (non-hydrogen) atoms. The lowest BCUT2D eigenvalue weighted by Crippen LogP contribution is -1.82. The summed E-state index contributed by atoms with van der Waals surface area (Å²) in [6, 6.07) is 15.0. The van der Waals surface area contributed by atoms with Gasteiger partial charge >= 0.3 is 0 Å². The topological polar surface area (TPSA) is 0 Å². The van der Waals surface area contributed by atoms with Gasteiger partial charge in [-0.25, -0.2) is 0 Å². The maximum absolute atomic E-state index is 3.50. The van der Waals surface area contributed by atoms with Crippen LogP contribution in [-0.2, 0) is 0 Å². The van der Waals surface area contributed by atoms with Crippen molar-refractivity contribution in [3.8, 4) is 11.1 Å². The molecule has 2 aromatic carbocycles. The van der Waals surface area contributed by atoms with Crippen LogP contribution in [0, 0.1) is 13.8 Å². The first-order valence-electron chi connectivity index (χ1n) is 4.99. The molecule has 0 amide bonds. The van der Waals surface area contributed by atoms with Crippen molar-refractivity contribution in [2.24, 2.45) is 0 Å². The minimum Gasteiger partial charge on any atom is -0.0605 e. The monoisotopic (exact) mass is 260 g/mol. The number of rotatable bonds is 1. The van der Waals surface area contributed by atoms with E-state index >= 15 is 0 Å². The summed E-state index contributed by atoms with van der Waals surface area (Å²) in [6.07, 6.45) is 0. The van der Waals surface area contributed by atoms with Crippen molar-refractivity contribution in [2.45, 2.75) is 13.8 Å². The molecule has 2 rings (SSSR count). The Morgan fingerprint density at radius 2 is 1.47 bits per heavy atom. The van der Waals surface area contributed by atoms with E-state index in [-0.39, 0.29) is 0 Å². The lowest BCUT2D eigenvalue weighted by molar-refractivity contribution is 1.38. The second-order valence-electron chi connectivity index (χ2n) is 3.89. The highest BCUT2D eigenvalue weighted by Gasteiger charge is 1.99. The van der Waals surface area contributed by atoms with Gasteiger partial charge in [0.15, 0.2) is 0 Å². The lowest BCUT2D eigenvalue weighted by atomic mass is 10.0. The predicted molar refractivity (Wildman–Crippen MR) is 69.1 cm³/mol. The molecule has 0 N–H and O–H groups in total. The molecular formula is C14H13Br. The maximum Gasteiger partial charge on any atom is 0.0181 e. The summed E-state index contributed by atoms with van der Waals surface area (Å²) in [5.74, 6) is 0. The van der Waals surface area contributed by atoms with Crippen LogP contribution >= 0.6 is 15.9 Å². The van der Waals surface area contributed by atoms with Gasteiger partial charge in [0, 0.05) is 4.47 Å². The Balaban J connectivity index is 2.54. The van der Waals surface area contributed by atoms with Crippen LogP contribution in [0.25, 0.3) is 11.1 Å². The van der Waals surface area contributed by atoms with E-state index in [2.05, 4.69) is 66.2 Å². The third-order valence-corrected chi connectivity index (χ3v) is 2.87. The molecule has 0 saturated heterocycles. The summed E-state index contributed by atoms with van der Waals surface area (Å²) in [5, 5.41) is 0. The smallest absolute Gasteiger partial charge is 0.0181 e. The molecule has 0 nitrogen and oxygen atoms in total. The zero-order valence-corrected chi connectivity index (χ0v) is 10.5. The SMILES string of the molecule is Cc1cc(C)cc(-c2cccc(Br)c2)c1. The fourth-order valence-electron chi connectivity index (χ4n) is 1.81. The fourth-order valence-corrected chi connectivity index (χ4v) is 2.21. The number of hydrogen-bond donors (Lipinski definition) is 0. The molecule has 0 heterocycles. The molecule has 0 spiro atoms. The lowest BCUT2D eigenvalue weighted by Gasteiger charge is -2.05. The average molecular weight is 261 g/mol. The van der Waals surface area contributed by atoms with Crippen molar-refractivity contribution in [3.05, 3.63) is 58.1 Å². The van der Waals surface area contributed by atoms with Crippen LogP contribution in [0.4, 0.5) is 0 Å². The Labute approximate surface area is 99.1 Å². The van der Waals surface area contributed by atoms with E-state index in [0.29, 0.717) is 0 Å². The number of benzene rings is 2. The van der Waals surface area contributed by atoms with Crippen molar-refractivity contribution in [1.29, 1.82) is 0 Å². The molecule has 0 aliphatic carbocycles. The Bertz CT molecular complexity index is 466. The van der Waals surface area contributed by atoms with Crippen molar-refractivity contribution in [1.82, 2.24) is 0 Å². The second kappa shape index (κ2) is 4.19. The molecule has 76 valence electrons. The highest BCUT2D eigenvalue weighted by atomic mass is 79.9. The minimum atomic E-state index is 1.12. The highest BCUT2D eigenvalue weighted by Crippen LogP contribution is 2.24. The molecule has 0 aromatic heterocycles. The van der Waals surface area contributed by atoms with Crippen LogP contribution in [0.2, 0.25) is 0 Å².